The normalized spacial score (nSPS) is 14.6. The molecule has 1 N–H and O–H groups in total. The fourth-order valence-corrected chi connectivity index (χ4v) is 2.56. The highest BCUT2D eigenvalue weighted by atomic mass is 35.5. The lowest BCUT2D eigenvalue weighted by atomic mass is 10.2. The highest BCUT2D eigenvalue weighted by Gasteiger charge is 2.14. The third kappa shape index (κ3) is 4.21. The number of aromatic nitrogens is 1. The molecular weight excluding hydrogens is 314 g/mol. The van der Waals surface area contributed by atoms with Crippen molar-refractivity contribution in [3.63, 3.8) is 0 Å². The molecule has 5 nitrogen and oxygen atoms in total. The number of morpholine rings is 1. The summed E-state index contributed by atoms with van der Waals surface area (Å²) in [5.74, 6) is -0.185. The van der Waals surface area contributed by atoms with E-state index in [2.05, 4.69) is 15.2 Å². The molecule has 0 radical (unpaired) electrons. The van der Waals surface area contributed by atoms with Gasteiger partial charge in [0.05, 0.1) is 13.2 Å². The second-order valence-electron chi connectivity index (χ2n) is 5.31. The van der Waals surface area contributed by atoms with Gasteiger partial charge >= 0.3 is 0 Å². The van der Waals surface area contributed by atoms with Gasteiger partial charge in [-0.25, -0.2) is 0 Å². The van der Waals surface area contributed by atoms with Gasteiger partial charge in [0.1, 0.15) is 5.69 Å². The Bertz CT molecular complexity index is 670. The average molecular weight is 332 g/mol. The van der Waals surface area contributed by atoms with Gasteiger partial charge in [0.2, 0.25) is 0 Å². The fraction of sp³-hybridized carbons (Fsp3) is 0.294. The molecule has 1 aliphatic rings. The topological polar surface area (TPSA) is 54.5 Å². The maximum Gasteiger partial charge on any atom is 0.270 e. The Kier molecular flexibility index (Phi) is 5.10. The number of amides is 1. The van der Waals surface area contributed by atoms with E-state index in [1.807, 2.05) is 24.3 Å². The van der Waals surface area contributed by atoms with Gasteiger partial charge in [-0.05, 0) is 29.8 Å². The molecule has 1 fully saturated rings. The van der Waals surface area contributed by atoms with Gasteiger partial charge in [-0.3, -0.25) is 9.78 Å². The van der Waals surface area contributed by atoms with Crippen LogP contribution in [0.3, 0.4) is 0 Å². The van der Waals surface area contributed by atoms with Gasteiger partial charge in [-0.1, -0.05) is 23.7 Å². The number of rotatable bonds is 4. The summed E-state index contributed by atoms with van der Waals surface area (Å²) in [7, 11) is 0. The maximum atomic E-state index is 12.3. The Morgan fingerprint density at radius 3 is 2.70 bits per heavy atom. The summed E-state index contributed by atoms with van der Waals surface area (Å²) in [4.78, 5) is 18.6. The highest BCUT2D eigenvalue weighted by molar-refractivity contribution is 6.30. The van der Waals surface area contributed by atoms with Crippen molar-refractivity contribution in [3.05, 3.63) is 58.9 Å². The van der Waals surface area contributed by atoms with Crippen LogP contribution in [0, 0.1) is 0 Å². The SMILES string of the molecule is O=C(NCc1ccc(Cl)cc1)c1cc(N2CCOCC2)ccn1. The summed E-state index contributed by atoms with van der Waals surface area (Å²) in [6.07, 6.45) is 1.67. The second-order valence-corrected chi connectivity index (χ2v) is 5.74. The molecule has 2 heterocycles. The first-order chi connectivity index (χ1) is 11.2. The number of ether oxygens (including phenoxy) is 1. The lowest BCUT2D eigenvalue weighted by Gasteiger charge is -2.28. The van der Waals surface area contributed by atoms with Crippen LogP contribution in [0.4, 0.5) is 5.69 Å². The molecule has 0 spiro atoms. The summed E-state index contributed by atoms with van der Waals surface area (Å²) in [5, 5.41) is 3.56. The fourth-order valence-electron chi connectivity index (χ4n) is 2.44. The van der Waals surface area contributed by atoms with Gasteiger partial charge in [0, 0.05) is 36.5 Å². The molecule has 1 aromatic carbocycles. The van der Waals surface area contributed by atoms with Gasteiger partial charge < -0.3 is 15.0 Å². The zero-order valence-electron chi connectivity index (χ0n) is 12.7. The molecule has 120 valence electrons. The number of carbonyl (C=O) groups excluding carboxylic acids is 1. The van der Waals surface area contributed by atoms with Crippen LogP contribution in [-0.2, 0) is 11.3 Å². The largest absolute Gasteiger partial charge is 0.378 e. The molecule has 0 aliphatic carbocycles. The predicted molar refractivity (Wildman–Crippen MR) is 89.9 cm³/mol. The molecule has 0 atom stereocenters. The number of benzene rings is 1. The average Bonchev–Trinajstić information content (AvgIpc) is 2.62. The lowest BCUT2D eigenvalue weighted by molar-refractivity contribution is 0.0946. The predicted octanol–water partition coefficient (Wildman–Crippen LogP) is 2.50. The van der Waals surface area contributed by atoms with E-state index in [1.54, 1.807) is 18.3 Å². The molecule has 0 saturated carbocycles. The first-order valence-electron chi connectivity index (χ1n) is 7.54. The number of nitrogens with zero attached hydrogens (tertiary/aromatic N) is 2. The number of anilines is 1. The van der Waals surface area contributed by atoms with E-state index in [9.17, 15) is 4.79 Å². The molecule has 1 amide bonds. The van der Waals surface area contributed by atoms with Crippen LogP contribution in [0.2, 0.25) is 5.02 Å². The molecule has 0 bridgehead atoms. The summed E-state index contributed by atoms with van der Waals surface area (Å²) >= 11 is 5.85. The minimum Gasteiger partial charge on any atom is -0.378 e. The molecule has 3 rings (SSSR count). The van der Waals surface area contributed by atoms with E-state index in [1.165, 1.54) is 0 Å². The van der Waals surface area contributed by atoms with Gasteiger partial charge in [-0.2, -0.15) is 0 Å². The van der Waals surface area contributed by atoms with Gasteiger partial charge in [0.15, 0.2) is 0 Å². The van der Waals surface area contributed by atoms with Crippen LogP contribution in [0.15, 0.2) is 42.6 Å². The smallest absolute Gasteiger partial charge is 0.270 e. The van der Waals surface area contributed by atoms with E-state index < -0.39 is 0 Å². The Labute approximate surface area is 140 Å². The van der Waals surface area contributed by atoms with Crippen molar-refractivity contribution in [2.75, 3.05) is 31.2 Å². The third-order valence-electron chi connectivity index (χ3n) is 3.72. The van der Waals surface area contributed by atoms with Crippen LogP contribution < -0.4 is 10.2 Å². The minimum absolute atomic E-state index is 0.185. The van der Waals surface area contributed by atoms with Crippen molar-refractivity contribution >= 4 is 23.2 Å². The molecule has 0 unspecified atom stereocenters. The van der Waals surface area contributed by atoms with Crippen molar-refractivity contribution in [2.24, 2.45) is 0 Å². The first-order valence-corrected chi connectivity index (χ1v) is 7.91. The van der Waals surface area contributed by atoms with Crippen molar-refractivity contribution in [1.29, 1.82) is 0 Å². The van der Waals surface area contributed by atoms with Crippen molar-refractivity contribution in [3.8, 4) is 0 Å². The maximum absolute atomic E-state index is 12.3. The second kappa shape index (κ2) is 7.44. The Hall–Kier alpha value is -2.11. The summed E-state index contributed by atoms with van der Waals surface area (Å²) in [6, 6.07) is 11.1. The third-order valence-corrected chi connectivity index (χ3v) is 3.97. The molecular formula is C17H18ClN3O2. The quantitative estimate of drug-likeness (QED) is 0.935. The Morgan fingerprint density at radius 2 is 1.96 bits per heavy atom. The Morgan fingerprint density at radius 1 is 1.22 bits per heavy atom. The zero-order chi connectivity index (χ0) is 16.1. The first kappa shape index (κ1) is 15.8. The van der Waals surface area contributed by atoms with Crippen LogP contribution >= 0.6 is 11.6 Å². The molecule has 1 aliphatic heterocycles. The number of halogens is 1. The van der Waals surface area contributed by atoms with Crippen molar-refractivity contribution < 1.29 is 9.53 Å². The van der Waals surface area contributed by atoms with Crippen molar-refractivity contribution in [1.82, 2.24) is 10.3 Å². The molecule has 6 heteroatoms. The van der Waals surface area contributed by atoms with Gasteiger partial charge in [-0.15, -0.1) is 0 Å². The van der Waals surface area contributed by atoms with Gasteiger partial charge in [0.25, 0.3) is 5.91 Å². The number of nitrogens with one attached hydrogen (secondary N) is 1. The summed E-state index contributed by atoms with van der Waals surface area (Å²) < 4.78 is 5.35. The Balaban J connectivity index is 1.63. The van der Waals surface area contributed by atoms with E-state index in [4.69, 9.17) is 16.3 Å². The molecule has 2 aromatic rings. The van der Waals surface area contributed by atoms with E-state index in [0.717, 1.165) is 24.3 Å². The minimum atomic E-state index is -0.185. The lowest BCUT2D eigenvalue weighted by Crippen LogP contribution is -2.36. The van der Waals surface area contributed by atoms with Crippen LogP contribution in [-0.4, -0.2) is 37.2 Å². The number of carbonyl (C=O) groups is 1. The van der Waals surface area contributed by atoms with Crippen LogP contribution in [0.1, 0.15) is 16.1 Å². The standard InChI is InChI=1S/C17H18ClN3O2/c18-14-3-1-13(2-4-14)12-20-17(22)16-11-15(5-6-19-16)21-7-9-23-10-8-21/h1-6,11H,7-10,12H2,(H,20,22). The number of hydrogen-bond donors (Lipinski definition) is 1. The summed E-state index contributed by atoms with van der Waals surface area (Å²) in [6.45, 7) is 3.52. The molecule has 1 saturated heterocycles. The van der Waals surface area contributed by atoms with E-state index in [0.29, 0.717) is 30.5 Å². The highest BCUT2D eigenvalue weighted by Crippen LogP contribution is 2.16. The number of hydrogen-bond acceptors (Lipinski definition) is 4. The molecule has 23 heavy (non-hydrogen) atoms. The zero-order valence-corrected chi connectivity index (χ0v) is 13.4. The van der Waals surface area contributed by atoms with E-state index >= 15 is 0 Å². The summed E-state index contributed by atoms with van der Waals surface area (Å²) in [5.41, 5.74) is 2.41. The van der Waals surface area contributed by atoms with Crippen molar-refractivity contribution in [2.45, 2.75) is 6.54 Å². The molecule has 1 aromatic heterocycles. The number of pyridine rings is 1. The van der Waals surface area contributed by atoms with Crippen LogP contribution in [0.5, 0.6) is 0 Å². The monoisotopic (exact) mass is 331 g/mol. The van der Waals surface area contributed by atoms with Crippen LogP contribution in [0.25, 0.3) is 0 Å². The van der Waals surface area contributed by atoms with E-state index in [-0.39, 0.29) is 5.91 Å².